The van der Waals surface area contributed by atoms with Crippen LogP contribution in [0.15, 0.2) is 36.5 Å². The molecule has 1 N–H and O–H groups in total. The minimum absolute atomic E-state index is 0.223. The Hall–Kier alpha value is -1.94. The van der Waals surface area contributed by atoms with E-state index in [1.165, 1.54) is 13.2 Å². The molecular weight excluding hydrogens is 243 g/mol. The zero-order chi connectivity index (χ0) is 13.8. The van der Waals surface area contributed by atoms with Gasteiger partial charge in [0, 0.05) is 23.5 Å². The van der Waals surface area contributed by atoms with Gasteiger partial charge in [-0.05, 0) is 31.7 Å². The van der Waals surface area contributed by atoms with Gasteiger partial charge in [-0.1, -0.05) is 12.1 Å². The molecule has 0 saturated heterocycles. The van der Waals surface area contributed by atoms with Crippen molar-refractivity contribution < 1.29 is 9.13 Å². The molecule has 3 nitrogen and oxygen atoms in total. The molecule has 1 aromatic heterocycles. The molecule has 1 unspecified atom stereocenters. The van der Waals surface area contributed by atoms with Crippen molar-refractivity contribution in [3.8, 4) is 5.75 Å². The van der Waals surface area contributed by atoms with E-state index in [0.717, 1.165) is 11.3 Å². The zero-order valence-electron chi connectivity index (χ0n) is 11.3. The van der Waals surface area contributed by atoms with E-state index >= 15 is 0 Å². The van der Waals surface area contributed by atoms with E-state index in [1.54, 1.807) is 25.4 Å². The lowest BCUT2D eigenvalue weighted by molar-refractivity contribution is 0.410. The van der Waals surface area contributed by atoms with Crippen LogP contribution < -0.4 is 10.1 Å². The maximum atomic E-state index is 14.1. The Morgan fingerprint density at radius 1 is 1.26 bits per heavy atom. The molecule has 100 valence electrons. The number of rotatable bonds is 4. The van der Waals surface area contributed by atoms with Crippen molar-refractivity contribution in [2.24, 2.45) is 0 Å². The number of hydrogen-bond acceptors (Lipinski definition) is 3. The average Bonchev–Trinajstić information content (AvgIpc) is 2.43. The lowest BCUT2D eigenvalue weighted by atomic mass is 9.99. The van der Waals surface area contributed by atoms with Gasteiger partial charge in [-0.15, -0.1) is 0 Å². The van der Waals surface area contributed by atoms with E-state index in [-0.39, 0.29) is 11.9 Å². The molecule has 0 aliphatic heterocycles. The number of pyridine rings is 1. The first-order valence-electron chi connectivity index (χ1n) is 6.09. The first-order chi connectivity index (χ1) is 9.15. The topological polar surface area (TPSA) is 34.2 Å². The zero-order valence-corrected chi connectivity index (χ0v) is 11.3. The number of methoxy groups -OCH3 is 1. The van der Waals surface area contributed by atoms with Gasteiger partial charge in [0.15, 0.2) is 0 Å². The number of benzene rings is 1. The Morgan fingerprint density at radius 2 is 2.05 bits per heavy atom. The molecule has 0 spiro atoms. The van der Waals surface area contributed by atoms with E-state index in [4.69, 9.17) is 4.74 Å². The second-order valence-corrected chi connectivity index (χ2v) is 4.34. The van der Waals surface area contributed by atoms with Gasteiger partial charge in [0.2, 0.25) is 0 Å². The number of ether oxygens (including phenoxy) is 1. The van der Waals surface area contributed by atoms with Crippen molar-refractivity contribution in [1.29, 1.82) is 0 Å². The third-order valence-electron chi connectivity index (χ3n) is 3.07. The van der Waals surface area contributed by atoms with Gasteiger partial charge < -0.3 is 10.1 Å². The lowest BCUT2D eigenvalue weighted by Gasteiger charge is -2.18. The van der Waals surface area contributed by atoms with E-state index in [1.807, 2.05) is 19.1 Å². The van der Waals surface area contributed by atoms with Gasteiger partial charge in [0.1, 0.15) is 11.6 Å². The van der Waals surface area contributed by atoms with Crippen LogP contribution in [-0.4, -0.2) is 19.1 Å². The van der Waals surface area contributed by atoms with E-state index < -0.39 is 0 Å². The largest absolute Gasteiger partial charge is 0.497 e. The molecule has 1 aromatic carbocycles. The Bertz CT molecular complexity index is 555. The van der Waals surface area contributed by atoms with E-state index in [2.05, 4.69) is 10.3 Å². The van der Waals surface area contributed by atoms with E-state index in [0.29, 0.717) is 11.3 Å². The molecule has 0 aliphatic carbocycles. The lowest BCUT2D eigenvalue weighted by Crippen LogP contribution is -2.19. The van der Waals surface area contributed by atoms with Crippen molar-refractivity contribution in [3.63, 3.8) is 0 Å². The van der Waals surface area contributed by atoms with Crippen LogP contribution in [0.25, 0.3) is 0 Å². The van der Waals surface area contributed by atoms with Crippen molar-refractivity contribution in [1.82, 2.24) is 10.3 Å². The Balaban J connectivity index is 2.39. The first-order valence-corrected chi connectivity index (χ1v) is 6.09. The number of aromatic nitrogens is 1. The summed E-state index contributed by atoms with van der Waals surface area (Å²) in [6, 6.07) is 8.52. The van der Waals surface area contributed by atoms with Crippen LogP contribution in [0.1, 0.15) is 22.9 Å². The summed E-state index contributed by atoms with van der Waals surface area (Å²) in [7, 11) is 3.32. The number of halogens is 1. The minimum Gasteiger partial charge on any atom is -0.497 e. The third-order valence-corrected chi connectivity index (χ3v) is 3.07. The predicted molar refractivity (Wildman–Crippen MR) is 72.8 cm³/mol. The minimum atomic E-state index is -0.292. The normalized spacial score (nSPS) is 12.2. The molecular formula is C15H17FN2O. The molecule has 2 aromatic rings. The van der Waals surface area contributed by atoms with Gasteiger partial charge in [0.05, 0.1) is 13.2 Å². The van der Waals surface area contributed by atoms with Crippen molar-refractivity contribution >= 4 is 0 Å². The summed E-state index contributed by atoms with van der Waals surface area (Å²) in [5, 5.41) is 3.11. The first kappa shape index (κ1) is 13.5. The number of aryl methyl sites for hydroxylation is 1. The quantitative estimate of drug-likeness (QED) is 0.918. The molecule has 1 heterocycles. The molecule has 0 aliphatic rings. The fraction of sp³-hybridized carbons (Fsp3) is 0.267. The molecule has 0 bridgehead atoms. The van der Waals surface area contributed by atoms with Crippen LogP contribution >= 0.6 is 0 Å². The Labute approximate surface area is 112 Å². The maximum Gasteiger partial charge on any atom is 0.132 e. The van der Waals surface area contributed by atoms with Crippen LogP contribution in [0, 0.1) is 12.7 Å². The maximum absolute atomic E-state index is 14.1. The van der Waals surface area contributed by atoms with Crippen LogP contribution in [0.5, 0.6) is 5.75 Å². The van der Waals surface area contributed by atoms with Gasteiger partial charge in [-0.3, -0.25) is 4.98 Å². The monoisotopic (exact) mass is 260 g/mol. The molecule has 4 heteroatoms. The molecule has 1 atom stereocenters. The van der Waals surface area contributed by atoms with Gasteiger partial charge in [-0.25, -0.2) is 4.39 Å². The summed E-state index contributed by atoms with van der Waals surface area (Å²) in [4.78, 5) is 4.25. The predicted octanol–water partition coefficient (Wildman–Crippen LogP) is 2.85. The Morgan fingerprint density at radius 3 is 2.58 bits per heavy atom. The smallest absolute Gasteiger partial charge is 0.132 e. The summed E-state index contributed by atoms with van der Waals surface area (Å²) in [5.41, 5.74) is 2.44. The van der Waals surface area contributed by atoms with Crippen molar-refractivity contribution in [3.05, 3.63) is 59.2 Å². The average molecular weight is 260 g/mol. The van der Waals surface area contributed by atoms with E-state index in [9.17, 15) is 4.39 Å². The van der Waals surface area contributed by atoms with Gasteiger partial charge >= 0.3 is 0 Å². The fourth-order valence-electron chi connectivity index (χ4n) is 2.02. The number of nitrogens with one attached hydrogen (secondary N) is 1. The molecule has 0 amide bonds. The molecule has 2 rings (SSSR count). The standard InChI is InChI=1S/C15H17FN2O/c1-10-4-5-11(9-18-10)15(17-2)13-7-6-12(19-3)8-14(13)16/h4-9,15,17H,1-3H3. The van der Waals surface area contributed by atoms with Crippen molar-refractivity contribution in [2.45, 2.75) is 13.0 Å². The second-order valence-electron chi connectivity index (χ2n) is 4.34. The highest BCUT2D eigenvalue weighted by Crippen LogP contribution is 2.26. The number of hydrogen-bond donors (Lipinski definition) is 1. The fourth-order valence-corrected chi connectivity index (χ4v) is 2.02. The highest BCUT2D eigenvalue weighted by atomic mass is 19.1. The Kier molecular flexibility index (Phi) is 4.12. The van der Waals surface area contributed by atoms with Crippen LogP contribution in [0.3, 0.4) is 0 Å². The second kappa shape index (κ2) is 5.80. The summed E-state index contributed by atoms with van der Waals surface area (Å²) in [6.07, 6.45) is 1.76. The van der Waals surface area contributed by atoms with Gasteiger partial charge in [-0.2, -0.15) is 0 Å². The number of nitrogens with zero attached hydrogens (tertiary/aromatic N) is 1. The summed E-state index contributed by atoms with van der Waals surface area (Å²) < 4.78 is 19.1. The SMILES string of the molecule is CNC(c1ccc(C)nc1)c1ccc(OC)cc1F. The summed E-state index contributed by atoms with van der Waals surface area (Å²) in [6.45, 7) is 1.92. The molecule has 0 saturated carbocycles. The highest BCUT2D eigenvalue weighted by molar-refractivity contribution is 5.36. The van der Waals surface area contributed by atoms with Gasteiger partial charge in [0.25, 0.3) is 0 Å². The highest BCUT2D eigenvalue weighted by Gasteiger charge is 2.16. The molecule has 19 heavy (non-hydrogen) atoms. The molecule has 0 fully saturated rings. The molecule has 0 radical (unpaired) electrons. The van der Waals surface area contributed by atoms with Crippen LogP contribution in [0.2, 0.25) is 0 Å². The summed E-state index contributed by atoms with van der Waals surface area (Å²) >= 11 is 0. The van der Waals surface area contributed by atoms with Crippen LogP contribution in [0.4, 0.5) is 4.39 Å². The third kappa shape index (κ3) is 2.90. The summed E-state index contributed by atoms with van der Waals surface area (Å²) in [5.74, 6) is 0.220. The van der Waals surface area contributed by atoms with Crippen molar-refractivity contribution in [2.75, 3.05) is 14.2 Å². The van der Waals surface area contributed by atoms with Crippen LogP contribution in [-0.2, 0) is 0 Å².